The highest BCUT2D eigenvalue weighted by molar-refractivity contribution is 6.30. The molecule has 27 heavy (non-hydrogen) atoms. The summed E-state index contributed by atoms with van der Waals surface area (Å²) in [5, 5.41) is 14.0. The Morgan fingerprint density at radius 3 is 2.74 bits per heavy atom. The number of ether oxygens (including phenoxy) is 1. The Morgan fingerprint density at radius 2 is 2.04 bits per heavy atom. The molecule has 0 unspecified atom stereocenters. The molecule has 3 rings (SSSR count). The van der Waals surface area contributed by atoms with Crippen molar-refractivity contribution in [1.29, 1.82) is 0 Å². The Morgan fingerprint density at radius 1 is 1.22 bits per heavy atom. The highest BCUT2D eigenvalue weighted by atomic mass is 35.5. The van der Waals surface area contributed by atoms with E-state index in [1.165, 1.54) is 24.3 Å². The molecule has 138 valence electrons. The van der Waals surface area contributed by atoms with Gasteiger partial charge in [0.2, 0.25) is 0 Å². The van der Waals surface area contributed by atoms with Crippen LogP contribution in [-0.2, 0) is 6.61 Å². The molecule has 3 aromatic rings. The molecule has 0 bridgehead atoms. The Balaban J connectivity index is 1.64. The first-order chi connectivity index (χ1) is 12.9. The number of furan rings is 1. The van der Waals surface area contributed by atoms with E-state index in [0.29, 0.717) is 27.8 Å². The van der Waals surface area contributed by atoms with Crippen LogP contribution in [0.1, 0.15) is 21.9 Å². The lowest BCUT2D eigenvalue weighted by molar-refractivity contribution is -0.384. The lowest BCUT2D eigenvalue weighted by atomic mass is 10.2. The minimum atomic E-state index is -0.489. The first-order valence-electron chi connectivity index (χ1n) is 7.96. The minimum absolute atomic E-state index is 0.0380. The number of nitro benzene ring substituents is 1. The number of halogens is 1. The molecule has 1 heterocycles. The van der Waals surface area contributed by atoms with Crippen LogP contribution in [0, 0.1) is 17.0 Å². The first kappa shape index (κ1) is 18.5. The van der Waals surface area contributed by atoms with Crippen LogP contribution in [0.2, 0.25) is 5.02 Å². The van der Waals surface area contributed by atoms with Gasteiger partial charge in [0.25, 0.3) is 11.6 Å². The zero-order chi connectivity index (χ0) is 19.4. The van der Waals surface area contributed by atoms with Crippen molar-refractivity contribution in [3.8, 4) is 5.75 Å². The molecule has 1 N–H and O–H groups in total. The van der Waals surface area contributed by atoms with Crippen molar-refractivity contribution >= 4 is 28.9 Å². The van der Waals surface area contributed by atoms with Crippen molar-refractivity contribution in [3.63, 3.8) is 0 Å². The van der Waals surface area contributed by atoms with Gasteiger partial charge in [0, 0.05) is 22.8 Å². The summed E-state index contributed by atoms with van der Waals surface area (Å²) in [6, 6.07) is 14.3. The fourth-order valence-electron chi connectivity index (χ4n) is 2.37. The van der Waals surface area contributed by atoms with Crippen molar-refractivity contribution in [2.75, 3.05) is 5.32 Å². The van der Waals surface area contributed by atoms with Gasteiger partial charge in [-0.05, 0) is 48.9 Å². The van der Waals surface area contributed by atoms with Gasteiger partial charge in [-0.25, -0.2) is 0 Å². The molecule has 1 aromatic heterocycles. The van der Waals surface area contributed by atoms with Gasteiger partial charge in [-0.15, -0.1) is 0 Å². The quantitative estimate of drug-likeness (QED) is 0.476. The number of hydrogen-bond donors (Lipinski definition) is 1. The largest absolute Gasteiger partial charge is 0.486 e. The standard InChI is InChI=1S/C19H15ClN2O5/c1-12-9-14(22(24)25)5-7-17(12)21-19(23)18-8-6-16(27-18)11-26-15-4-2-3-13(20)10-15/h2-10H,11H2,1H3,(H,21,23). The van der Waals surface area contributed by atoms with E-state index in [9.17, 15) is 14.9 Å². The maximum absolute atomic E-state index is 12.3. The topological polar surface area (TPSA) is 94.6 Å². The molecule has 0 saturated carbocycles. The molecule has 8 heteroatoms. The second-order valence-corrected chi connectivity index (χ2v) is 6.16. The van der Waals surface area contributed by atoms with Crippen LogP contribution in [0.3, 0.4) is 0 Å². The molecule has 1 amide bonds. The smallest absolute Gasteiger partial charge is 0.291 e. The van der Waals surface area contributed by atoms with E-state index in [-0.39, 0.29) is 18.1 Å². The number of nitrogens with one attached hydrogen (secondary N) is 1. The molecular weight excluding hydrogens is 372 g/mol. The number of rotatable bonds is 6. The summed E-state index contributed by atoms with van der Waals surface area (Å²) >= 11 is 5.90. The number of benzene rings is 2. The van der Waals surface area contributed by atoms with E-state index >= 15 is 0 Å². The molecule has 0 fully saturated rings. The summed E-state index contributed by atoms with van der Waals surface area (Å²) in [6.45, 7) is 1.82. The Bertz CT molecular complexity index is 999. The third kappa shape index (κ3) is 4.65. The Hall–Kier alpha value is -3.32. The van der Waals surface area contributed by atoms with Gasteiger partial charge in [0.1, 0.15) is 18.1 Å². The Labute approximate surface area is 159 Å². The fourth-order valence-corrected chi connectivity index (χ4v) is 2.55. The summed E-state index contributed by atoms with van der Waals surface area (Å²) in [6.07, 6.45) is 0. The van der Waals surface area contributed by atoms with Gasteiger partial charge in [-0.1, -0.05) is 17.7 Å². The molecule has 0 aliphatic heterocycles. The average molecular weight is 387 g/mol. The predicted molar refractivity (Wildman–Crippen MR) is 100 cm³/mol. The van der Waals surface area contributed by atoms with E-state index < -0.39 is 10.8 Å². The molecule has 0 atom stereocenters. The van der Waals surface area contributed by atoms with Gasteiger partial charge in [-0.3, -0.25) is 14.9 Å². The van der Waals surface area contributed by atoms with Gasteiger partial charge in [-0.2, -0.15) is 0 Å². The number of nitrogens with zero attached hydrogens (tertiary/aromatic N) is 1. The number of carbonyl (C=O) groups excluding carboxylic acids is 1. The zero-order valence-electron chi connectivity index (χ0n) is 14.3. The van der Waals surface area contributed by atoms with E-state index in [2.05, 4.69) is 5.32 Å². The molecule has 0 spiro atoms. The van der Waals surface area contributed by atoms with E-state index in [1.807, 2.05) is 0 Å². The Kier molecular flexibility index (Phi) is 5.42. The van der Waals surface area contributed by atoms with Crippen molar-refractivity contribution in [3.05, 3.63) is 86.8 Å². The number of non-ortho nitro benzene ring substituents is 1. The van der Waals surface area contributed by atoms with Crippen LogP contribution in [0.25, 0.3) is 0 Å². The lowest BCUT2D eigenvalue weighted by Gasteiger charge is -2.07. The monoisotopic (exact) mass is 386 g/mol. The number of amides is 1. The van der Waals surface area contributed by atoms with Crippen molar-refractivity contribution < 1.29 is 18.9 Å². The normalized spacial score (nSPS) is 10.4. The number of carbonyl (C=O) groups is 1. The van der Waals surface area contributed by atoms with Gasteiger partial charge in [0.05, 0.1) is 4.92 Å². The molecule has 2 aromatic carbocycles. The average Bonchev–Trinajstić information content (AvgIpc) is 3.11. The minimum Gasteiger partial charge on any atom is -0.486 e. The van der Waals surface area contributed by atoms with Crippen LogP contribution in [0.5, 0.6) is 5.75 Å². The molecule has 0 aliphatic rings. The van der Waals surface area contributed by atoms with E-state index in [4.69, 9.17) is 20.8 Å². The highest BCUT2D eigenvalue weighted by Gasteiger charge is 2.15. The fraction of sp³-hybridized carbons (Fsp3) is 0.105. The van der Waals surface area contributed by atoms with Gasteiger partial charge < -0.3 is 14.5 Å². The number of nitro groups is 1. The van der Waals surface area contributed by atoms with E-state index in [1.54, 1.807) is 37.3 Å². The van der Waals surface area contributed by atoms with Crippen LogP contribution < -0.4 is 10.1 Å². The number of aryl methyl sites for hydroxylation is 1. The maximum Gasteiger partial charge on any atom is 0.291 e. The van der Waals surface area contributed by atoms with E-state index in [0.717, 1.165) is 0 Å². The second kappa shape index (κ2) is 7.92. The summed E-state index contributed by atoms with van der Waals surface area (Å²) in [5.41, 5.74) is 1.01. The molecule has 7 nitrogen and oxygen atoms in total. The van der Waals surface area contributed by atoms with Crippen LogP contribution >= 0.6 is 11.6 Å². The third-order valence-electron chi connectivity index (χ3n) is 3.73. The zero-order valence-corrected chi connectivity index (χ0v) is 15.0. The van der Waals surface area contributed by atoms with Crippen molar-refractivity contribution in [2.45, 2.75) is 13.5 Å². The predicted octanol–water partition coefficient (Wildman–Crippen LogP) is 4.98. The van der Waals surface area contributed by atoms with Crippen LogP contribution in [-0.4, -0.2) is 10.8 Å². The summed E-state index contributed by atoms with van der Waals surface area (Å²) in [5.74, 6) is 0.713. The van der Waals surface area contributed by atoms with Gasteiger partial charge in [0.15, 0.2) is 5.76 Å². The van der Waals surface area contributed by atoms with Crippen molar-refractivity contribution in [1.82, 2.24) is 0 Å². The highest BCUT2D eigenvalue weighted by Crippen LogP contribution is 2.23. The van der Waals surface area contributed by atoms with Gasteiger partial charge >= 0.3 is 0 Å². The first-order valence-corrected chi connectivity index (χ1v) is 8.33. The molecular formula is C19H15ClN2O5. The molecule has 0 saturated heterocycles. The maximum atomic E-state index is 12.3. The molecule has 0 radical (unpaired) electrons. The number of anilines is 1. The number of hydrogen-bond acceptors (Lipinski definition) is 5. The summed E-state index contributed by atoms with van der Waals surface area (Å²) < 4.78 is 11.1. The SMILES string of the molecule is Cc1cc([N+](=O)[O-])ccc1NC(=O)c1ccc(COc2cccc(Cl)c2)o1. The van der Waals surface area contributed by atoms with Crippen LogP contribution in [0.15, 0.2) is 59.0 Å². The summed E-state index contributed by atoms with van der Waals surface area (Å²) in [4.78, 5) is 22.6. The van der Waals surface area contributed by atoms with Crippen LogP contribution in [0.4, 0.5) is 11.4 Å². The molecule has 0 aliphatic carbocycles. The summed E-state index contributed by atoms with van der Waals surface area (Å²) in [7, 11) is 0. The van der Waals surface area contributed by atoms with Crippen molar-refractivity contribution in [2.24, 2.45) is 0 Å². The second-order valence-electron chi connectivity index (χ2n) is 5.72. The lowest BCUT2D eigenvalue weighted by Crippen LogP contribution is -2.12. The third-order valence-corrected chi connectivity index (χ3v) is 3.97.